The lowest BCUT2D eigenvalue weighted by molar-refractivity contribution is 0.0526. The molecule has 0 saturated carbocycles. The first-order valence-electron chi connectivity index (χ1n) is 24.3. The zero-order valence-corrected chi connectivity index (χ0v) is 45.5. The molecule has 5 N–H and O–H groups in total. The molecule has 2 amide bonds. The van der Waals surface area contributed by atoms with Crippen LogP contribution in [0.4, 0.5) is 22.7 Å². The highest BCUT2D eigenvalue weighted by molar-refractivity contribution is 14.1. The van der Waals surface area contributed by atoms with Crippen LogP contribution in [-0.2, 0) is 37.6 Å². The Kier molecular flexibility index (Phi) is 17.9. The van der Waals surface area contributed by atoms with Gasteiger partial charge in [-0.25, -0.2) is 26.4 Å². The number of anilines is 4. The fourth-order valence-corrected chi connectivity index (χ4v) is 12.1. The van der Waals surface area contributed by atoms with Gasteiger partial charge in [-0.15, -0.1) is 0 Å². The summed E-state index contributed by atoms with van der Waals surface area (Å²) < 4.78 is 61.4. The van der Waals surface area contributed by atoms with Gasteiger partial charge < -0.3 is 30.5 Å². The van der Waals surface area contributed by atoms with Crippen LogP contribution >= 0.6 is 22.6 Å². The van der Waals surface area contributed by atoms with Gasteiger partial charge in [0.1, 0.15) is 0 Å². The quantitative estimate of drug-likeness (QED) is 0.0414. The lowest BCUT2D eigenvalue weighted by Crippen LogP contribution is -2.29. The molecule has 396 valence electrons. The number of carboxylic acids is 1. The second-order valence-corrected chi connectivity index (χ2v) is 22.5. The molecule has 2 heterocycles. The molecule has 0 aliphatic carbocycles. The zero-order chi connectivity index (χ0) is 55.6. The Balaban J connectivity index is 0.000000178. The molecule has 0 unspecified atom stereocenters. The number of nitrogens with one attached hydrogen (secondary N) is 2. The van der Waals surface area contributed by atoms with Gasteiger partial charge in [-0.05, 0) is 161 Å². The van der Waals surface area contributed by atoms with Gasteiger partial charge in [-0.2, -0.15) is 0 Å². The van der Waals surface area contributed by atoms with Crippen molar-refractivity contribution in [2.75, 3.05) is 38.9 Å². The molecule has 0 atom stereocenters. The molecule has 16 nitrogen and oxygen atoms in total. The normalized spacial score (nSPS) is 12.4. The van der Waals surface area contributed by atoms with Gasteiger partial charge >= 0.3 is 19.1 Å². The van der Waals surface area contributed by atoms with E-state index in [4.69, 9.17) is 14.8 Å². The van der Waals surface area contributed by atoms with E-state index < -0.39 is 50.9 Å². The molecule has 0 aromatic heterocycles. The van der Waals surface area contributed by atoms with E-state index >= 15 is 0 Å². The zero-order valence-electron chi connectivity index (χ0n) is 41.7. The Labute approximate surface area is 465 Å². The summed E-state index contributed by atoms with van der Waals surface area (Å²) in [6, 6.07) is 54.0. The van der Waals surface area contributed by atoms with Crippen LogP contribution in [0, 0.1) is 3.57 Å². The minimum Gasteiger partial charge on any atom is -0.478 e. The van der Waals surface area contributed by atoms with Crippen molar-refractivity contribution in [3.05, 3.63) is 231 Å². The number of amides is 2. The van der Waals surface area contributed by atoms with Crippen molar-refractivity contribution in [2.45, 2.75) is 29.6 Å². The number of carbonyl (C=O) groups is 4. The Morgan fingerprint density at radius 3 is 1.46 bits per heavy atom. The predicted molar refractivity (Wildman–Crippen MR) is 308 cm³/mol. The fraction of sp³-hybridized carbons (Fsp3) is 0.103. The summed E-state index contributed by atoms with van der Waals surface area (Å²) in [6.07, 6.45) is 1.31. The maximum Gasteiger partial charge on any atom is 0.488 e. The molecule has 0 fully saturated rings. The SMILES string of the molecule is CCOC(=O)c1cc(I)ccc1NC(=O)c1ccc(S(=O)(=O)N2CCc3ccccc32)cc1.O=C(Nc1ccc(-c2ccccc2)cc1C(=O)O)c1ccc(S(=O)(=O)N2CCc3ccccc32)cc1.OB(O)c1ccccc1. The van der Waals surface area contributed by atoms with Crippen LogP contribution < -0.4 is 24.7 Å². The van der Waals surface area contributed by atoms with E-state index in [1.165, 1.54) is 63.2 Å². The third-order valence-electron chi connectivity index (χ3n) is 12.5. The molecule has 0 bridgehead atoms. The van der Waals surface area contributed by atoms with Gasteiger partial charge in [0.25, 0.3) is 31.9 Å². The van der Waals surface area contributed by atoms with E-state index in [9.17, 15) is 41.1 Å². The number of nitrogens with zero attached hydrogens (tertiary/aromatic N) is 2. The summed E-state index contributed by atoms with van der Waals surface area (Å²) in [5, 5.41) is 32.2. The monoisotopic (exact) mass is 1200 g/mol. The van der Waals surface area contributed by atoms with Gasteiger partial charge in [0.2, 0.25) is 0 Å². The average Bonchev–Trinajstić information content (AvgIpc) is 4.16. The Bertz CT molecular complexity index is 3720. The number of hydrogen-bond donors (Lipinski definition) is 5. The molecule has 0 saturated heterocycles. The van der Waals surface area contributed by atoms with Gasteiger partial charge in [0.15, 0.2) is 0 Å². The maximum absolute atomic E-state index is 13.2. The number of carboxylic acid groups (broad SMARTS) is 1. The number of hydrogen-bond acceptors (Lipinski definition) is 11. The van der Waals surface area contributed by atoms with E-state index in [1.807, 2.05) is 66.7 Å². The van der Waals surface area contributed by atoms with Crippen molar-refractivity contribution in [1.82, 2.24) is 0 Å². The predicted octanol–water partition coefficient (Wildman–Crippen LogP) is 8.89. The van der Waals surface area contributed by atoms with E-state index in [0.717, 1.165) is 20.3 Å². The molecule has 10 rings (SSSR count). The molecular weight excluding hydrogens is 1150 g/mol. The van der Waals surface area contributed by atoms with Crippen molar-refractivity contribution in [2.24, 2.45) is 0 Å². The van der Waals surface area contributed by atoms with Crippen molar-refractivity contribution in [3.8, 4) is 11.1 Å². The second kappa shape index (κ2) is 24.9. The second-order valence-electron chi connectivity index (χ2n) is 17.5. The third kappa shape index (κ3) is 13.0. The summed E-state index contributed by atoms with van der Waals surface area (Å²) in [5.74, 6) is -2.70. The summed E-state index contributed by atoms with van der Waals surface area (Å²) in [5.41, 5.74) is 6.57. The number of aromatic carboxylic acids is 1. The molecule has 0 spiro atoms. The third-order valence-corrected chi connectivity index (χ3v) is 16.9. The highest BCUT2D eigenvalue weighted by Crippen LogP contribution is 2.35. The van der Waals surface area contributed by atoms with E-state index in [-0.39, 0.29) is 44.3 Å². The molecule has 8 aromatic carbocycles. The van der Waals surface area contributed by atoms with Crippen LogP contribution in [0.1, 0.15) is 59.5 Å². The summed E-state index contributed by atoms with van der Waals surface area (Å²) in [6.45, 7) is 2.67. The van der Waals surface area contributed by atoms with Crippen molar-refractivity contribution in [3.63, 3.8) is 0 Å². The van der Waals surface area contributed by atoms with Crippen LogP contribution in [-0.4, -0.2) is 82.6 Å². The average molecular weight is 1200 g/mol. The standard InChI is InChI=1S/C28H22N2O5S.C24H21IN2O5S.C6H7BO2/c31-27(29-25-15-12-22(18-24(25)28(32)33)19-6-2-1-3-7-19)21-10-13-23(14-11-21)36(34,35)30-17-16-20-8-4-5-9-26(20)30;1-2-32-24(29)20-15-18(25)9-12-21(20)26-23(28)17-7-10-19(11-8-17)33(30,31)27-14-13-16-5-3-4-6-22(16)27;8-7(9)6-4-2-1-3-5-6/h1-15,18H,16-17H2,(H,29,31)(H,32,33);3-12,15H,2,13-14H2,1H3,(H,26,28);1-5,8-9H. The van der Waals surface area contributed by atoms with E-state index in [1.54, 1.807) is 79.7 Å². The van der Waals surface area contributed by atoms with Crippen LogP contribution in [0.3, 0.4) is 0 Å². The lowest BCUT2D eigenvalue weighted by atomic mass is 9.81. The number of esters is 1. The summed E-state index contributed by atoms with van der Waals surface area (Å²) in [7, 11) is -8.86. The highest BCUT2D eigenvalue weighted by Gasteiger charge is 2.32. The Morgan fingerprint density at radius 1 is 0.551 bits per heavy atom. The van der Waals surface area contributed by atoms with E-state index in [2.05, 4.69) is 33.2 Å². The van der Waals surface area contributed by atoms with Crippen LogP contribution in [0.25, 0.3) is 11.1 Å². The number of carbonyl (C=O) groups excluding carboxylic acids is 3. The largest absolute Gasteiger partial charge is 0.488 e. The molecule has 0 radical (unpaired) electrons. The number of ether oxygens (including phenoxy) is 1. The molecule has 2 aliphatic heterocycles. The lowest BCUT2D eigenvalue weighted by Gasteiger charge is -2.19. The van der Waals surface area contributed by atoms with Crippen LogP contribution in [0.2, 0.25) is 0 Å². The Hall–Kier alpha value is -8.15. The molecule has 78 heavy (non-hydrogen) atoms. The molecular formula is C58H50BIN4O12S2. The first-order chi connectivity index (χ1) is 37.5. The minimum absolute atomic E-state index is 0.0448. The number of rotatable bonds is 13. The molecule has 20 heteroatoms. The minimum atomic E-state index is -3.78. The van der Waals surface area contributed by atoms with Gasteiger partial charge in [0.05, 0.1) is 50.3 Å². The van der Waals surface area contributed by atoms with Crippen LogP contribution in [0.5, 0.6) is 0 Å². The molecule has 2 aliphatic rings. The Morgan fingerprint density at radius 2 is 1.00 bits per heavy atom. The fourth-order valence-electron chi connectivity index (χ4n) is 8.58. The van der Waals surface area contributed by atoms with Crippen molar-refractivity contribution < 1.29 is 55.9 Å². The number of halogens is 1. The summed E-state index contributed by atoms with van der Waals surface area (Å²) in [4.78, 5) is 50.0. The smallest absolute Gasteiger partial charge is 0.478 e. The first kappa shape index (κ1) is 56.1. The van der Waals surface area contributed by atoms with Gasteiger partial charge in [0, 0.05) is 27.8 Å². The van der Waals surface area contributed by atoms with Gasteiger partial charge in [-0.3, -0.25) is 18.2 Å². The number of sulfonamides is 2. The number of para-hydroxylation sites is 2. The van der Waals surface area contributed by atoms with Crippen molar-refractivity contribution in [1.29, 1.82) is 0 Å². The topological polar surface area (TPSA) is 237 Å². The molecule has 8 aromatic rings. The first-order valence-corrected chi connectivity index (χ1v) is 28.3. The van der Waals surface area contributed by atoms with Gasteiger partial charge in [-0.1, -0.05) is 103 Å². The summed E-state index contributed by atoms with van der Waals surface area (Å²) >= 11 is 2.07. The highest BCUT2D eigenvalue weighted by atomic mass is 127. The maximum atomic E-state index is 13.2. The van der Waals surface area contributed by atoms with E-state index in [0.29, 0.717) is 54.0 Å². The van der Waals surface area contributed by atoms with Crippen LogP contribution in [0.15, 0.2) is 204 Å². The number of fused-ring (bicyclic) bond motifs is 2. The van der Waals surface area contributed by atoms with Crippen molar-refractivity contribution >= 4 is 102 Å². The number of benzene rings is 8.